The summed E-state index contributed by atoms with van der Waals surface area (Å²) in [6, 6.07) is 14.0. The van der Waals surface area contributed by atoms with Gasteiger partial charge in [0.1, 0.15) is 10.8 Å². The van der Waals surface area contributed by atoms with Crippen molar-refractivity contribution in [2.45, 2.75) is 13.5 Å². The minimum absolute atomic E-state index is 0.0946. The van der Waals surface area contributed by atoms with Crippen LogP contribution in [0, 0.1) is 12.7 Å². The molecule has 1 amide bonds. The number of hydrogen-bond donors (Lipinski definition) is 0. The van der Waals surface area contributed by atoms with Crippen molar-refractivity contribution in [3.05, 3.63) is 76.5 Å². The van der Waals surface area contributed by atoms with Gasteiger partial charge in [0.2, 0.25) is 0 Å². The van der Waals surface area contributed by atoms with Gasteiger partial charge in [0, 0.05) is 30.1 Å². The van der Waals surface area contributed by atoms with Crippen LogP contribution in [0.1, 0.15) is 21.6 Å². The van der Waals surface area contributed by atoms with Gasteiger partial charge < -0.3 is 9.64 Å². The van der Waals surface area contributed by atoms with Crippen molar-refractivity contribution in [3.8, 4) is 10.6 Å². The van der Waals surface area contributed by atoms with Crippen LogP contribution >= 0.6 is 11.3 Å². The second kappa shape index (κ2) is 8.75. The van der Waals surface area contributed by atoms with E-state index < -0.39 is 18.5 Å². The minimum atomic E-state index is -0.665. The van der Waals surface area contributed by atoms with E-state index in [0.717, 1.165) is 11.1 Å². The number of thiazole rings is 1. The number of ether oxygens (including phenoxy) is 1. The number of benzene rings is 2. The summed E-state index contributed by atoms with van der Waals surface area (Å²) in [5.74, 6) is -1.47. The fraction of sp³-hybridized carbons (Fsp3) is 0.190. The van der Waals surface area contributed by atoms with Crippen molar-refractivity contribution in [3.63, 3.8) is 0 Å². The van der Waals surface area contributed by atoms with E-state index in [2.05, 4.69) is 4.98 Å². The molecule has 0 N–H and O–H groups in total. The second-order valence-electron chi connectivity index (χ2n) is 6.32. The van der Waals surface area contributed by atoms with Crippen LogP contribution in [-0.2, 0) is 16.1 Å². The smallest absolute Gasteiger partial charge is 0.358 e. The molecule has 0 unspecified atom stereocenters. The first kappa shape index (κ1) is 19.7. The Labute approximate surface area is 166 Å². The maximum atomic E-state index is 13.7. The first-order valence-corrected chi connectivity index (χ1v) is 9.49. The molecule has 7 heteroatoms. The molecule has 0 aliphatic heterocycles. The molecule has 144 valence electrons. The van der Waals surface area contributed by atoms with Crippen LogP contribution in [0.15, 0.2) is 53.9 Å². The SMILES string of the molecule is Cc1ccc(-c2nc(C(=O)OCC(=O)N(C)Cc3ccccc3F)cs2)cc1. The number of esters is 1. The van der Waals surface area contributed by atoms with Gasteiger partial charge in [-0.15, -0.1) is 11.3 Å². The van der Waals surface area contributed by atoms with Crippen molar-refractivity contribution in [2.75, 3.05) is 13.7 Å². The summed E-state index contributed by atoms with van der Waals surface area (Å²) in [6.07, 6.45) is 0. The van der Waals surface area contributed by atoms with Crippen molar-refractivity contribution in [1.29, 1.82) is 0 Å². The van der Waals surface area contributed by atoms with E-state index in [0.29, 0.717) is 10.6 Å². The predicted octanol–water partition coefficient (Wildman–Crippen LogP) is 4.07. The lowest BCUT2D eigenvalue weighted by molar-refractivity contribution is -0.133. The lowest BCUT2D eigenvalue weighted by Crippen LogP contribution is -2.31. The van der Waals surface area contributed by atoms with Crippen LogP contribution in [0.5, 0.6) is 0 Å². The molecule has 0 atom stereocenters. The molecule has 0 bridgehead atoms. The van der Waals surface area contributed by atoms with E-state index in [9.17, 15) is 14.0 Å². The standard InChI is InChI=1S/C21H19FN2O3S/c1-14-7-9-15(10-8-14)20-23-18(13-28-20)21(26)27-12-19(25)24(2)11-16-5-3-4-6-17(16)22/h3-10,13H,11-12H2,1-2H3. The van der Waals surface area contributed by atoms with Gasteiger partial charge in [-0.05, 0) is 13.0 Å². The van der Waals surface area contributed by atoms with Crippen molar-refractivity contribution in [1.82, 2.24) is 9.88 Å². The summed E-state index contributed by atoms with van der Waals surface area (Å²) in [7, 11) is 1.53. The summed E-state index contributed by atoms with van der Waals surface area (Å²) in [6.45, 7) is 1.66. The predicted molar refractivity (Wildman–Crippen MR) is 105 cm³/mol. The van der Waals surface area contributed by atoms with E-state index >= 15 is 0 Å². The van der Waals surface area contributed by atoms with Crippen molar-refractivity contribution in [2.24, 2.45) is 0 Å². The Morgan fingerprint density at radius 2 is 1.86 bits per heavy atom. The summed E-state index contributed by atoms with van der Waals surface area (Å²) in [5.41, 5.74) is 2.60. The molecule has 0 fully saturated rings. The molecule has 28 heavy (non-hydrogen) atoms. The number of carbonyl (C=O) groups is 2. The van der Waals surface area contributed by atoms with Gasteiger partial charge in [0.15, 0.2) is 12.3 Å². The lowest BCUT2D eigenvalue weighted by atomic mass is 10.2. The highest BCUT2D eigenvalue weighted by Crippen LogP contribution is 2.24. The Kier molecular flexibility index (Phi) is 6.16. The van der Waals surface area contributed by atoms with Crippen LogP contribution in [0.3, 0.4) is 0 Å². The molecule has 0 saturated carbocycles. The summed E-state index contributed by atoms with van der Waals surface area (Å²) < 4.78 is 18.8. The third-order valence-corrected chi connectivity index (χ3v) is 5.02. The third-order valence-electron chi connectivity index (χ3n) is 4.13. The maximum absolute atomic E-state index is 13.7. The van der Waals surface area contributed by atoms with Crippen molar-refractivity contribution >= 4 is 23.2 Å². The van der Waals surface area contributed by atoms with Gasteiger partial charge in [-0.3, -0.25) is 4.79 Å². The van der Waals surface area contributed by atoms with Gasteiger partial charge in [-0.1, -0.05) is 48.0 Å². The minimum Gasteiger partial charge on any atom is -0.451 e. The average molecular weight is 398 g/mol. The maximum Gasteiger partial charge on any atom is 0.358 e. The molecule has 0 radical (unpaired) electrons. The highest BCUT2D eigenvalue weighted by atomic mass is 32.1. The number of nitrogens with zero attached hydrogens (tertiary/aromatic N) is 2. The zero-order chi connectivity index (χ0) is 20.1. The van der Waals surface area contributed by atoms with Crippen LogP contribution in [-0.4, -0.2) is 35.4 Å². The zero-order valence-electron chi connectivity index (χ0n) is 15.5. The molecule has 3 aromatic rings. The molecule has 0 saturated heterocycles. The van der Waals surface area contributed by atoms with Gasteiger partial charge in [-0.2, -0.15) is 0 Å². The molecular weight excluding hydrogens is 379 g/mol. The molecule has 0 spiro atoms. The highest BCUT2D eigenvalue weighted by Gasteiger charge is 2.17. The second-order valence-corrected chi connectivity index (χ2v) is 7.18. The molecule has 3 rings (SSSR count). The normalized spacial score (nSPS) is 10.5. The number of carbonyl (C=O) groups excluding carboxylic acids is 2. The van der Waals surface area contributed by atoms with Gasteiger partial charge >= 0.3 is 5.97 Å². The Bertz CT molecular complexity index is 985. The molecular formula is C21H19FN2O3S. The molecule has 1 aromatic heterocycles. The van der Waals surface area contributed by atoms with Crippen LogP contribution in [0.2, 0.25) is 0 Å². The molecule has 5 nitrogen and oxygen atoms in total. The quantitative estimate of drug-likeness (QED) is 0.587. The van der Waals surface area contributed by atoms with Crippen LogP contribution in [0.4, 0.5) is 4.39 Å². The Morgan fingerprint density at radius 3 is 2.57 bits per heavy atom. The number of halogens is 1. The number of aryl methyl sites for hydroxylation is 1. The Hall–Kier alpha value is -3.06. The van der Waals surface area contributed by atoms with Gasteiger partial charge in [0.25, 0.3) is 5.91 Å². The van der Waals surface area contributed by atoms with E-state index in [-0.39, 0.29) is 18.1 Å². The topological polar surface area (TPSA) is 59.5 Å². The summed E-state index contributed by atoms with van der Waals surface area (Å²) in [5, 5.41) is 2.31. The summed E-state index contributed by atoms with van der Waals surface area (Å²) >= 11 is 1.33. The molecule has 1 heterocycles. The first-order valence-electron chi connectivity index (χ1n) is 8.61. The van der Waals surface area contributed by atoms with E-state index in [1.807, 2.05) is 31.2 Å². The molecule has 0 aliphatic carbocycles. The Balaban J connectivity index is 1.55. The largest absolute Gasteiger partial charge is 0.451 e. The fourth-order valence-corrected chi connectivity index (χ4v) is 3.27. The molecule has 2 aromatic carbocycles. The Morgan fingerprint density at radius 1 is 1.14 bits per heavy atom. The number of hydrogen-bond acceptors (Lipinski definition) is 5. The van der Waals surface area contributed by atoms with E-state index in [1.54, 1.807) is 23.6 Å². The first-order chi connectivity index (χ1) is 13.4. The van der Waals surface area contributed by atoms with Crippen molar-refractivity contribution < 1.29 is 18.7 Å². The highest BCUT2D eigenvalue weighted by molar-refractivity contribution is 7.13. The van der Waals surface area contributed by atoms with E-state index in [4.69, 9.17) is 4.74 Å². The monoisotopic (exact) mass is 398 g/mol. The fourth-order valence-electron chi connectivity index (χ4n) is 2.48. The zero-order valence-corrected chi connectivity index (χ0v) is 16.3. The summed E-state index contributed by atoms with van der Waals surface area (Å²) in [4.78, 5) is 29.9. The average Bonchev–Trinajstić information content (AvgIpc) is 3.18. The van der Waals surface area contributed by atoms with Crippen LogP contribution < -0.4 is 0 Å². The van der Waals surface area contributed by atoms with E-state index in [1.165, 1.54) is 29.4 Å². The lowest BCUT2D eigenvalue weighted by Gasteiger charge is -2.17. The number of rotatable bonds is 6. The van der Waals surface area contributed by atoms with Crippen LogP contribution in [0.25, 0.3) is 10.6 Å². The number of amides is 1. The molecule has 0 aliphatic rings. The number of likely N-dealkylation sites (N-methyl/N-ethyl adjacent to an activating group) is 1. The number of aromatic nitrogens is 1. The van der Waals surface area contributed by atoms with Gasteiger partial charge in [0.05, 0.1) is 0 Å². The third kappa shape index (κ3) is 4.80. The van der Waals surface area contributed by atoms with Gasteiger partial charge in [-0.25, -0.2) is 14.2 Å².